The summed E-state index contributed by atoms with van der Waals surface area (Å²) in [6, 6.07) is 1.18. The van der Waals surface area contributed by atoms with E-state index >= 15 is 0 Å². The lowest BCUT2D eigenvalue weighted by molar-refractivity contribution is -0.140. The van der Waals surface area contributed by atoms with Crippen LogP contribution in [0.3, 0.4) is 0 Å². The van der Waals surface area contributed by atoms with Crippen LogP contribution in [-0.4, -0.2) is 22.6 Å². The zero-order valence-electron chi connectivity index (χ0n) is 13.7. The SMILES string of the molecule is CCNC(=O)OC(c1cnccc1C(F)(F)F)c1cnccc1C(F)(F)F. The molecule has 0 atom stereocenters. The molecule has 0 bridgehead atoms. The largest absolute Gasteiger partial charge is 0.436 e. The molecule has 0 saturated carbocycles. The predicted molar refractivity (Wildman–Crippen MR) is 80.5 cm³/mol. The van der Waals surface area contributed by atoms with Crippen molar-refractivity contribution < 1.29 is 35.9 Å². The van der Waals surface area contributed by atoms with Gasteiger partial charge in [-0.2, -0.15) is 26.3 Å². The number of amides is 1. The average molecular weight is 393 g/mol. The van der Waals surface area contributed by atoms with Crippen molar-refractivity contribution in [3.8, 4) is 0 Å². The Bertz CT molecular complexity index is 750. The molecule has 2 aromatic heterocycles. The Labute approximate surface area is 149 Å². The standard InChI is InChI=1S/C16H13F6N3O2/c1-2-25-14(26)27-13(9-7-23-5-3-11(9)15(17,18)19)10-8-24-6-4-12(10)16(20,21)22/h3-8,13H,2H2,1H3,(H,25,26). The van der Waals surface area contributed by atoms with Crippen molar-refractivity contribution in [2.24, 2.45) is 0 Å². The van der Waals surface area contributed by atoms with Crippen molar-refractivity contribution in [3.63, 3.8) is 0 Å². The Morgan fingerprint density at radius 2 is 1.44 bits per heavy atom. The number of nitrogens with one attached hydrogen (secondary N) is 1. The Kier molecular flexibility index (Phi) is 5.91. The number of halogens is 6. The van der Waals surface area contributed by atoms with Crippen LogP contribution < -0.4 is 5.32 Å². The molecule has 0 aromatic carbocycles. The second-order valence-electron chi connectivity index (χ2n) is 5.24. The molecule has 2 rings (SSSR count). The maximum atomic E-state index is 13.3. The molecule has 1 amide bonds. The molecule has 11 heteroatoms. The molecule has 2 heterocycles. The topological polar surface area (TPSA) is 64.1 Å². The highest BCUT2D eigenvalue weighted by Crippen LogP contribution is 2.41. The van der Waals surface area contributed by atoms with Gasteiger partial charge in [-0.25, -0.2) is 4.79 Å². The third-order valence-corrected chi connectivity index (χ3v) is 3.43. The van der Waals surface area contributed by atoms with Gasteiger partial charge in [0.2, 0.25) is 0 Å². The molecular formula is C16H13F6N3O2. The van der Waals surface area contributed by atoms with Gasteiger partial charge in [0, 0.05) is 42.5 Å². The maximum Gasteiger partial charge on any atom is 0.416 e. The first-order valence-electron chi connectivity index (χ1n) is 7.52. The molecule has 0 fully saturated rings. The minimum absolute atomic E-state index is 0.0594. The van der Waals surface area contributed by atoms with Gasteiger partial charge < -0.3 is 10.1 Å². The first-order valence-corrected chi connectivity index (χ1v) is 7.52. The van der Waals surface area contributed by atoms with Gasteiger partial charge in [0.25, 0.3) is 0 Å². The lowest BCUT2D eigenvalue weighted by atomic mass is 9.95. The van der Waals surface area contributed by atoms with Crippen molar-refractivity contribution in [1.29, 1.82) is 0 Å². The van der Waals surface area contributed by atoms with Crippen molar-refractivity contribution in [3.05, 3.63) is 59.2 Å². The van der Waals surface area contributed by atoms with Gasteiger partial charge in [0.1, 0.15) is 0 Å². The third kappa shape index (κ3) is 4.86. The van der Waals surface area contributed by atoms with E-state index in [1.165, 1.54) is 6.92 Å². The molecule has 0 aliphatic carbocycles. The average Bonchev–Trinajstić information content (AvgIpc) is 2.58. The minimum Gasteiger partial charge on any atom is -0.436 e. The first-order chi connectivity index (χ1) is 12.6. The molecule has 1 N–H and O–H groups in total. The summed E-state index contributed by atoms with van der Waals surface area (Å²) >= 11 is 0. The van der Waals surface area contributed by atoms with E-state index in [9.17, 15) is 31.1 Å². The Balaban J connectivity index is 2.68. The summed E-state index contributed by atoms with van der Waals surface area (Å²) in [4.78, 5) is 18.9. The second kappa shape index (κ2) is 7.80. The summed E-state index contributed by atoms with van der Waals surface area (Å²) < 4.78 is 84.8. The first kappa shape index (κ1) is 20.5. The zero-order valence-corrected chi connectivity index (χ0v) is 13.7. The summed E-state index contributed by atoms with van der Waals surface area (Å²) in [5.74, 6) is 0. The molecule has 0 radical (unpaired) electrons. The van der Waals surface area contributed by atoms with E-state index in [4.69, 9.17) is 4.74 Å². The highest BCUT2D eigenvalue weighted by atomic mass is 19.4. The second-order valence-corrected chi connectivity index (χ2v) is 5.24. The van der Waals surface area contributed by atoms with E-state index in [0.717, 1.165) is 12.4 Å². The molecule has 27 heavy (non-hydrogen) atoms. The van der Waals surface area contributed by atoms with Crippen LogP contribution in [0.15, 0.2) is 36.9 Å². The van der Waals surface area contributed by atoms with Gasteiger partial charge in [0.05, 0.1) is 11.1 Å². The molecule has 0 spiro atoms. The van der Waals surface area contributed by atoms with E-state index in [0.29, 0.717) is 24.5 Å². The van der Waals surface area contributed by atoms with Crippen molar-refractivity contribution in [2.75, 3.05) is 6.54 Å². The summed E-state index contributed by atoms with van der Waals surface area (Å²) in [5.41, 5.74) is -4.03. The van der Waals surface area contributed by atoms with Crippen molar-refractivity contribution in [2.45, 2.75) is 25.4 Å². The monoisotopic (exact) mass is 393 g/mol. The Hall–Kier alpha value is -2.85. The fraction of sp³-hybridized carbons (Fsp3) is 0.312. The molecule has 146 valence electrons. The number of alkyl halides is 6. The van der Waals surface area contributed by atoms with Crippen LogP contribution >= 0.6 is 0 Å². The molecule has 2 aromatic rings. The molecule has 0 saturated heterocycles. The van der Waals surface area contributed by atoms with E-state index in [1.54, 1.807) is 0 Å². The lowest BCUT2D eigenvalue weighted by Crippen LogP contribution is -2.28. The number of rotatable bonds is 4. The number of carbonyl (C=O) groups is 1. The van der Waals surface area contributed by atoms with Gasteiger partial charge >= 0.3 is 18.4 Å². The molecule has 0 aliphatic heterocycles. The van der Waals surface area contributed by atoms with E-state index < -0.39 is 46.8 Å². The number of hydrogen-bond acceptors (Lipinski definition) is 4. The fourth-order valence-corrected chi connectivity index (χ4v) is 2.34. The van der Waals surface area contributed by atoms with E-state index in [-0.39, 0.29) is 6.54 Å². The number of nitrogens with zero attached hydrogens (tertiary/aromatic N) is 2. The van der Waals surface area contributed by atoms with Crippen LogP contribution in [0.25, 0.3) is 0 Å². The van der Waals surface area contributed by atoms with Gasteiger partial charge in [0.15, 0.2) is 6.10 Å². The zero-order chi connectivity index (χ0) is 20.2. The summed E-state index contributed by atoms with van der Waals surface area (Å²) in [6.07, 6.45) is -9.92. The predicted octanol–water partition coefficient (Wildman–Crippen LogP) is 4.35. The molecule has 0 unspecified atom stereocenters. The third-order valence-electron chi connectivity index (χ3n) is 3.43. The maximum absolute atomic E-state index is 13.3. The fourth-order valence-electron chi connectivity index (χ4n) is 2.34. The van der Waals surface area contributed by atoms with E-state index in [1.807, 2.05) is 0 Å². The smallest absolute Gasteiger partial charge is 0.416 e. The molecule has 5 nitrogen and oxygen atoms in total. The normalized spacial score (nSPS) is 12.1. The van der Waals surface area contributed by atoms with Crippen LogP contribution in [-0.2, 0) is 17.1 Å². The minimum atomic E-state index is -4.90. The van der Waals surface area contributed by atoms with Gasteiger partial charge in [-0.1, -0.05) is 0 Å². The number of pyridine rings is 2. The summed E-state index contributed by atoms with van der Waals surface area (Å²) in [5, 5.41) is 2.17. The number of carbonyl (C=O) groups excluding carboxylic acids is 1. The van der Waals surface area contributed by atoms with Crippen LogP contribution in [0.1, 0.15) is 35.3 Å². The van der Waals surface area contributed by atoms with Gasteiger partial charge in [-0.05, 0) is 19.1 Å². The van der Waals surface area contributed by atoms with Crippen LogP contribution in [0, 0.1) is 0 Å². The number of alkyl carbamates (subject to hydrolysis) is 1. The van der Waals surface area contributed by atoms with Gasteiger partial charge in [-0.3, -0.25) is 9.97 Å². The number of aromatic nitrogens is 2. The molecule has 0 aliphatic rings. The number of hydrogen-bond donors (Lipinski definition) is 1. The van der Waals surface area contributed by atoms with Crippen molar-refractivity contribution >= 4 is 6.09 Å². The highest BCUT2D eigenvalue weighted by Gasteiger charge is 2.41. The van der Waals surface area contributed by atoms with Gasteiger partial charge in [-0.15, -0.1) is 0 Å². The Morgan fingerprint density at radius 3 is 1.81 bits per heavy atom. The van der Waals surface area contributed by atoms with Crippen molar-refractivity contribution in [1.82, 2.24) is 15.3 Å². The summed E-state index contributed by atoms with van der Waals surface area (Å²) in [6.45, 7) is 1.57. The lowest BCUT2D eigenvalue weighted by Gasteiger charge is -2.24. The quantitative estimate of drug-likeness (QED) is 0.785. The number of ether oxygens (including phenoxy) is 1. The van der Waals surface area contributed by atoms with Crippen LogP contribution in [0.4, 0.5) is 31.1 Å². The highest BCUT2D eigenvalue weighted by molar-refractivity contribution is 5.68. The van der Waals surface area contributed by atoms with E-state index in [2.05, 4.69) is 15.3 Å². The Morgan fingerprint density at radius 1 is 1.00 bits per heavy atom. The molecular weight excluding hydrogens is 380 g/mol. The van der Waals surface area contributed by atoms with Crippen LogP contribution in [0.2, 0.25) is 0 Å². The summed E-state index contributed by atoms with van der Waals surface area (Å²) in [7, 11) is 0. The van der Waals surface area contributed by atoms with Crippen LogP contribution in [0.5, 0.6) is 0 Å².